The molecule has 0 aliphatic carbocycles. The Labute approximate surface area is 128 Å². The molecule has 1 aliphatic heterocycles. The molecular weight excluding hydrogens is 284 g/mol. The van der Waals surface area contributed by atoms with Crippen LogP contribution in [0.4, 0.5) is 0 Å². The first kappa shape index (κ1) is 16.5. The van der Waals surface area contributed by atoms with Gasteiger partial charge >= 0.3 is 0 Å². The zero-order chi connectivity index (χ0) is 15.3. The summed E-state index contributed by atoms with van der Waals surface area (Å²) in [5.74, 6) is 0.631. The molecular formula is C16H26N2O2S. The van der Waals surface area contributed by atoms with E-state index in [1.165, 1.54) is 5.56 Å². The van der Waals surface area contributed by atoms with Gasteiger partial charge in [-0.2, -0.15) is 4.31 Å². The topological polar surface area (TPSA) is 49.4 Å². The average molecular weight is 310 g/mol. The summed E-state index contributed by atoms with van der Waals surface area (Å²) in [6.45, 7) is 4.46. The summed E-state index contributed by atoms with van der Waals surface area (Å²) < 4.78 is 26.8. The minimum absolute atomic E-state index is 0.425. The normalized spacial score (nSPS) is 18.0. The Bertz CT molecular complexity index is 532. The second-order valence-corrected chi connectivity index (χ2v) is 7.88. The zero-order valence-corrected chi connectivity index (χ0v) is 13.8. The fourth-order valence-electron chi connectivity index (χ4n) is 2.67. The molecule has 0 saturated carbocycles. The van der Waals surface area contributed by atoms with Crippen molar-refractivity contribution in [3.05, 3.63) is 29.8 Å². The molecule has 1 saturated heterocycles. The van der Waals surface area contributed by atoms with E-state index in [1.54, 1.807) is 16.4 Å². The molecule has 1 aromatic rings. The molecule has 2 rings (SSSR count). The maximum Gasteiger partial charge on any atom is 0.243 e. The van der Waals surface area contributed by atoms with Crippen LogP contribution in [0.3, 0.4) is 0 Å². The molecule has 1 fully saturated rings. The largest absolute Gasteiger partial charge is 0.320 e. The first-order chi connectivity index (χ1) is 10.0. The minimum Gasteiger partial charge on any atom is -0.320 e. The first-order valence-corrected chi connectivity index (χ1v) is 9.21. The third-order valence-electron chi connectivity index (χ3n) is 4.20. The summed E-state index contributed by atoms with van der Waals surface area (Å²) in [6.07, 6.45) is 3.96. The Morgan fingerprint density at radius 3 is 2.38 bits per heavy atom. The smallest absolute Gasteiger partial charge is 0.243 e. The van der Waals surface area contributed by atoms with E-state index in [0.29, 0.717) is 23.9 Å². The summed E-state index contributed by atoms with van der Waals surface area (Å²) in [7, 11) is -1.37. The zero-order valence-electron chi connectivity index (χ0n) is 13.0. The maximum absolute atomic E-state index is 12.6. The second kappa shape index (κ2) is 7.38. The highest BCUT2D eigenvalue weighted by Gasteiger charge is 2.27. The van der Waals surface area contributed by atoms with Crippen LogP contribution in [0.15, 0.2) is 29.2 Å². The van der Waals surface area contributed by atoms with Gasteiger partial charge in [-0.15, -0.1) is 0 Å². The van der Waals surface area contributed by atoms with E-state index in [9.17, 15) is 8.42 Å². The molecule has 4 nitrogen and oxygen atoms in total. The molecule has 1 aromatic carbocycles. The van der Waals surface area contributed by atoms with E-state index < -0.39 is 10.0 Å². The van der Waals surface area contributed by atoms with Crippen molar-refractivity contribution in [3.63, 3.8) is 0 Å². The van der Waals surface area contributed by atoms with Crippen LogP contribution < -0.4 is 5.32 Å². The van der Waals surface area contributed by atoms with Crippen LogP contribution in [0.1, 0.15) is 31.7 Å². The van der Waals surface area contributed by atoms with E-state index in [2.05, 4.69) is 12.2 Å². The third kappa shape index (κ3) is 4.28. The van der Waals surface area contributed by atoms with Crippen LogP contribution >= 0.6 is 0 Å². The van der Waals surface area contributed by atoms with Gasteiger partial charge in [0, 0.05) is 13.1 Å². The quantitative estimate of drug-likeness (QED) is 0.820. The predicted octanol–water partition coefficient (Wildman–Crippen LogP) is 2.26. The van der Waals surface area contributed by atoms with Crippen molar-refractivity contribution < 1.29 is 8.42 Å². The Hall–Kier alpha value is -0.910. The number of nitrogens with one attached hydrogen (secondary N) is 1. The van der Waals surface area contributed by atoms with Crippen LogP contribution in [-0.2, 0) is 16.4 Å². The summed E-state index contributed by atoms with van der Waals surface area (Å²) in [5, 5.41) is 3.12. The standard InChI is InChI=1S/C16H26N2O2S/c1-14-9-12-18(13-10-14)21(19,20)16-7-5-15(6-8-16)4-3-11-17-2/h5-8,14,17H,3-4,9-13H2,1-2H3. The van der Waals surface area contributed by atoms with E-state index >= 15 is 0 Å². The highest BCUT2D eigenvalue weighted by molar-refractivity contribution is 7.89. The van der Waals surface area contributed by atoms with Gasteiger partial charge in [-0.05, 0) is 62.9 Å². The molecule has 1 aliphatic rings. The number of piperidine rings is 1. The van der Waals surface area contributed by atoms with Gasteiger partial charge in [0.05, 0.1) is 4.90 Å². The van der Waals surface area contributed by atoms with Crippen molar-refractivity contribution in [3.8, 4) is 0 Å². The van der Waals surface area contributed by atoms with Crippen molar-refractivity contribution >= 4 is 10.0 Å². The molecule has 0 aromatic heterocycles. The highest BCUT2D eigenvalue weighted by atomic mass is 32.2. The molecule has 0 spiro atoms. The van der Waals surface area contributed by atoms with Gasteiger partial charge < -0.3 is 5.32 Å². The van der Waals surface area contributed by atoms with Crippen LogP contribution in [0.5, 0.6) is 0 Å². The van der Waals surface area contributed by atoms with Gasteiger partial charge in [0.2, 0.25) is 10.0 Å². The maximum atomic E-state index is 12.6. The molecule has 0 bridgehead atoms. The number of benzene rings is 1. The Morgan fingerprint density at radius 1 is 1.19 bits per heavy atom. The second-order valence-electron chi connectivity index (χ2n) is 5.94. The number of sulfonamides is 1. The lowest BCUT2D eigenvalue weighted by molar-refractivity contribution is 0.288. The Kier molecular flexibility index (Phi) is 5.79. The number of aryl methyl sites for hydroxylation is 1. The van der Waals surface area contributed by atoms with Gasteiger partial charge in [-0.1, -0.05) is 19.1 Å². The summed E-state index contributed by atoms with van der Waals surface area (Å²) >= 11 is 0. The van der Waals surface area contributed by atoms with Gasteiger partial charge in [0.15, 0.2) is 0 Å². The molecule has 0 unspecified atom stereocenters. The molecule has 21 heavy (non-hydrogen) atoms. The molecule has 0 amide bonds. The number of hydrogen-bond acceptors (Lipinski definition) is 3. The molecule has 1 heterocycles. The highest BCUT2D eigenvalue weighted by Crippen LogP contribution is 2.23. The molecule has 5 heteroatoms. The summed E-state index contributed by atoms with van der Waals surface area (Å²) in [5.41, 5.74) is 1.19. The van der Waals surface area contributed by atoms with E-state index in [1.807, 2.05) is 19.2 Å². The van der Waals surface area contributed by atoms with Crippen LogP contribution in [-0.4, -0.2) is 39.4 Å². The van der Waals surface area contributed by atoms with Gasteiger partial charge in [0.25, 0.3) is 0 Å². The third-order valence-corrected chi connectivity index (χ3v) is 6.11. The Morgan fingerprint density at radius 2 is 1.81 bits per heavy atom. The molecule has 118 valence electrons. The van der Waals surface area contributed by atoms with E-state index in [0.717, 1.165) is 32.2 Å². The summed E-state index contributed by atoms with van der Waals surface area (Å²) in [6, 6.07) is 7.38. The SMILES string of the molecule is CNCCCc1ccc(S(=O)(=O)N2CCC(C)CC2)cc1. The van der Waals surface area contributed by atoms with Crippen molar-refractivity contribution in [2.24, 2.45) is 5.92 Å². The molecule has 0 atom stereocenters. The molecule has 0 radical (unpaired) electrons. The first-order valence-electron chi connectivity index (χ1n) is 7.77. The summed E-state index contributed by atoms with van der Waals surface area (Å²) in [4.78, 5) is 0.425. The van der Waals surface area contributed by atoms with Crippen molar-refractivity contribution in [2.75, 3.05) is 26.7 Å². The lowest BCUT2D eigenvalue weighted by Gasteiger charge is -2.29. The van der Waals surface area contributed by atoms with Crippen LogP contribution in [0, 0.1) is 5.92 Å². The van der Waals surface area contributed by atoms with E-state index in [-0.39, 0.29) is 0 Å². The fourth-order valence-corrected chi connectivity index (χ4v) is 4.14. The Balaban J connectivity index is 2.03. The number of hydrogen-bond donors (Lipinski definition) is 1. The van der Waals surface area contributed by atoms with Gasteiger partial charge in [0.1, 0.15) is 0 Å². The number of nitrogens with zero attached hydrogens (tertiary/aromatic N) is 1. The van der Waals surface area contributed by atoms with Gasteiger partial charge in [-0.3, -0.25) is 0 Å². The van der Waals surface area contributed by atoms with Gasteiger partial charge in [-0.25, -0.2) is 8.42 Å². The predicted molar refractivity (Wildman–Crippen MR) is 85.8 cm³/mol. The van der Waals surface area contributed by atoms with Crippen molar-refractivity contribution in [1.82, 2.24) is 9.62 Å². The monoisotopic (exact) mass is 310 g/mol. The molecule has 1 N–H and O–H groups in total. The fraction of sp³-hybridized carbons (Fsp3) is 0.625. The van der Waals surface area contributed by atoms with E-state index in [4.69, 9.17) is 0 Å². The minimum atomic E-state index is -3.31. The number of rotatable bonds is 6. The average Bonchev–Trinajstić information content (AvgIpc) is 2.48. The lowest BCUT2D eigenvalue weighted by atomic mass is 10.0. The van der Waals surface area contributed by atoms with Crippen LogP contribution in [0.25, 0.3) is 0 Å². The van der Waals surface area contributed by atoms with Crippen molar-refractivity contribution in [1.29, 1.82) is 0 Å². The van der Waals surface area contributed by atoms with Crippen molar-refractivity contribution in [2.45, 2.75) is 37.5 Å². The lowest BCUT2D eigenvalue weighted by Crippen LogP contribution is -2.37. The van der Waals surface area contributed by atoms with Crippen LogP contribution in [0.2, 0.25) is 0 Å².